The molecule has 9 nitrogen and oxygen atoms in total. The van der Waals surface area contributed by atoms with Crippen LogP contribution < -0.4 is 19.5 Å². The summed E-state index contributed by atoms with van der Waals surface area (Å²) in [5.41, 5.74) is 5.16. The number of ether oxygens (including phenoxy) is 2. The SMILES string of the molecule is C[C@@H](COc1ccnc2c1[C@H](C)CCC2)CC1Cc2ccc(OCCCS(=O)(=O)NCc3ccccc3)cc2C12CCC(Nc1cccc(Cl)c1)(C(=O)O)CC2. The van der Waals surface area contributed by atoms with Crippen molar-refractivity contribution in [2.75, 3.05) is 24.3 Å². The highest BCUT2D eigenvalue weighted by molar-refractivity contribution is 7.89. The number of pyridine rings is 1. The van der Waals surface area contributed by atoms with E-state index in [-0.39, 0.29) is 36.2 Å². The van der Waals surface area contributed by atoms with Gasteiger partial charge in [-0.3, -0.25) is 4.98 Å². The summed E-state index contributed by atoms with van der Waals surface area (Å²) in [6.07, 6.45) is 9.65. The van der Waals surface area contributed by atoms with Crippen LogP contribution in [0.5, 0.6) is 11.5 Å². The topological polar surface area (TPSA) is 127 Å². The summed E-state index contributed by atoms with van der Waals surface area (Å²) in [5.74, 6) is 1.75. The molecule has 0 bridgehead atoms. The number of carboxylic acid groups (broad SMARTS) is 1. The van der Waals surface area contributed by atoms with Crippen LogP contribution in [-0.4, -0.2) is 49.0 Å². The van der Waals surface area contributed by atoms with Crippen LogP contribution in [0.15, 0.2) is 85.1 Å². The summed E-state index contributed by atoms with van der Waals surface area (Å²) in [7, 11) is -3.46. The molecular weight excluding hydrogens is 746 g/mol. The maximum Gasteiger partial charge on any atom is 0.329 e. The molecule has 1 unspecified atom stereocenters. The lowest BCUT2D eigenvalue weighted by Crippen LogP contribution is -2.53. The van der Waals surface area contributed by atoms with Crippen molar-refractivity contribution in [2.45, 2.75) is 101 Å². The molecule has 1 fully saturated rings. The number of aliphatic carboxylic acids is 1. The fourth-order valence-corrected chi connectivity index (χ4v) is 10.7. The number of nitrogens with one attached hydrogen (secondary N) is 2. The lowest BCUT2D eigenvalue weighted by Gasteiger charge is -2.47. The zero-order valence-corrected chi connectivity index (χ0v) is 34.0. The first kappa shape index (κ1) is 40.1. The quantitative estimate of drug-likeness (QED) is 0.0959. The molecule has 11 heteroatoms. The molecule has 3 aromatic carbocycles. The normalized spacial score (nSPS) is 23.6. The predicted octanol–water partition coefficient (Wildman–Crippen LogP) is 9.09. The monoisotopic (exact) mass is 799 g/mol. The van der Waals surface area contributed by atoms with Gasteiger partial charge in [0.05, 0.1) is 19.0 Å². The van der Waals surface area contributed by atoms with Crippen LogP contribution in [0.4, 0.5) is 5.69 Å². The van der Waals surface area contributed by atoms with Gasteiger partial charge in [-0.25, -0.2) is 17.9 Å². The van der Waals surface area contributed by atoms with Crippen molar-refractivity contribution in [1.82, 2.24) is 9.71 Å². The second-order valence-corrected chi connectivity index (χ2v) is 18.7. The molecule has 3 N–H and O–H groups in total. The second-order valence-electron chi connectivity index (χ2n) is 16.3. The Labute approximate surface area is 336 Å². The highest BCUT2D eigenvalue weighted by Gasteiger charge is 2.54. The smallest absolute Gasteiger partial charge is 0.329 e. The van der Waals surface area contributed by atoms with E-state index in [0.717, 1.165) is 49.1 Å². The van der Waals surface area contributed by atoms with Gasteiger partial charge in [-0.05, 0) is 140 Å². The molecule has 298 valence electrons. The lowest BCUT2D eigenvalue weighted by molar-refractivity contribution is -0.144. The summed E-state index contributed by atoms with van der Waals surface area (Å²) in [4.78, 5) is 17.7. The van der Waals surface area contributed by atoms with Crippen LogP contribution in [0.1, 0.15) is 99.1 Å². The van der Waals surface area contributed by atoms with Gasteiger partial charge in [0.1, 0.15) is 17.0 Å². The average molecular weight is 800 g/mol. The van der Waals surface area contributed by atoms with Gasteiger partial charge in [0, 0.05) is 34.7 Å². The molecule has 4 aromatic rings. The van der Waals surface area contributed by atoms with Crippen LogP contribution in [0, 0.1) is 11.8 Å². The summed E-state index contributed by atoms with van der Waals surface area (Å²) in [6, 6.07) is 25.0. The van der Waals surface area contributed by atoms with Crippen LogP contribution in [-0.2, 0) is 39.6 Å². The minimum atomic E-state index is -3.46. The van der Waals surface area contributed by atoms with Gasteiger partial charge in [0.25, 0.3) is 0 Å². The number of nitrogens with zero attached hydrogens (tertiary/aromatic N) is 1. The Morgan fingerprint density at radius 1 is 1.02 bits per heavy atom. The number of fused-ring (bicyclic) bond motifs is 3. The minimum absolute atomic E-state index is 0.0329. The molecule has 1 aromatic heterocycles. The third-order valence-corrected chi connectivity index (χ3v) is 14.1. The fourth-order valence-electron chi connectivity index (χ4n) is 9.47. The average Bonchev–Trinajstić information content (AvgIpc) is 3.47. The number of hydrogen-bond acceptors (Lipinski definition) is 7. The lowest BCUT2D eigenvalue weighted by atomic mass is 9.59. The molecule has 7 rings (SSSR count). The number of rotatable bonds is 16. The van der Waals surface area contributed by atoms with Gasteiger partial charge in [-0.15, -0.1) is 0 Å². The van der Waals surface area contributed by atoms with E-state index in [1.54, 1.807) is 12.1 Å². The van der Waals surface area contributed by atoms with E-state index >= 15 is 0 Å². The second kappa shape index (κ2) is 17.2. The molecule has 1 spiro atoms. The molecule has 1 saturated carbocycles. The van der Waals surface area contributed by atoms with Crippen molar-refractivity contribution in [1.29, 1.82) is 0 Å². The van der Waals surface area contributed by atoms with Crippen LogP contribution in [0.25, 0.3) is 0 Å². The van der Waals surface area contributed by atoms with Gasteiger partial charge in [-0.1, -0.05) is 67.9 Å². The van der Waals surface area contributed by atoms with E-state index in [9.17, 15) is 18.3 Å². The first-order chi connectivity index (χ1) is 27.0. The highest BCUT2D eigenvalue weighted by Crippen LogP contribution is 2.57. The van der Waals surface area contributed by atoms with Gasteiger partial charge in [0.2, 0.25) is 10.0 Å². The molecule has 56 heavy (non-hydrogen) atoms. The molecule has 1 heterocycles. The molecule has 3 aliphatic rings. The maximum absolute atomic E-state index is 13.0. The Hall–Kier alpha value is -4.12. The number of sulfonamides is 1. The third kappa shape index (κ3) is 9.03. The fraction of sp³-hybridized carbons (Fsp3) is 0.467. The Kier molecular flexibility index (Phi) is 12.3. The Morgan fingerprint density at radius 3 is 2.59 bits per heavy atom. The van der Waals surface area contributed by atoms with Crippen molar-refractivity contribution >= 4 is 33.3 Å². The van der Waals surface area contributed by atoms with Crippen molar-refractivity contribution in [2.24, 2.45) is 11.8 Å². The Balaban J connectivity index is 1.06. The summed E-state index contributed by atoms with van der Waals surface area (Å²) < 4.78 is 40.9. The van der Waals surface area contributed by atoms with Gasteiger partial charge >= 0.3 is 5.97 Å². The first-order valence-corrected chi connectivity index (χ1v) is 22.1. The summed E-state index contributed by atoms with van der Waals surface area (Å²) in [5, 5.41) is 14.6. The van der Waals surface area contributed by atoms with Gasteiger partial charge < -0.3 is 19.9 Å². The number of carbonyl (C=O) groups is 1. The van der Waals surface area contributed by atoms with E-state index in [4.69, 9.17) is 21.1 Å². The number of halogens is 1. The molecule has 0 aliphatic heterocycles. The highest BCUT2D eigenvalue weighted by atomic mass is 35.5. The van der Waals surface area contributed by atoms with Crippen LogP contribution in [0.2, 0.25) is 5.02 Å². The van der Waals surface area contributed by atoms with E-state index in [1.165, 1.54) is 16.7 Å². The number of benzene rings is 3. The maximum atomic E-state index is 13.0. The van der Waals surface area contributed by atoms with Gasteiger partial charge in [-0.2, -0.15) is 0 Å². The van der Waals surface area contributed by atoms with E-state index < -0.39 is 21.5 Å². The summed E-state index contributed by atoms with van der Waals surface area (Å²) >= 11 is 6.29. The standard InChI is InChI=1S/C45H54ClN3O6S/c1-31(30-55-41-17-22-47-40-14-6-9-32(2)42(40)41)25-35-26-34-15-16-38(54-23-8-24-56(52,53)48-29-33-10-4-3-5-11-33)28-39(34)44(35)18-20-45(21-19-44,43(50)51)49-37-13-7-12-36(46)27-37/h3-5,7,10-13,15-17,22,27-28,31-32,35,48-49H,6,8-9,14,18-21,23-26,29-30H2,1-2H3,(H,50,51)/t31-,32-,35?,44?,45?/m1/s1. The molecule has 3 atom stereocenters. The third-order valence-electron chi connectivity index (χ3n) is 12.4. The molecule has 0 amide bonds. The van der Waals surface area contributed by atoms with Crippen molar-refractivity contribution in [3.63, 3.8) is 0 Å². The number of aromatic nitrogens is 1. The van der Waals surface area contributed by atoms with E-state index in [0.29, 0.717) is 61.1 Å². The van der Waals surface area contributed by atoms with Crippen molar-refractivity contribution < 1.29 is 27.8 Å². The molecule has 3 aliphatic carbocycles. The molecular formula is C45H54ClN3O6S. The van der Waals surface area contributed by atoms with Crippen molar-refractivity contribution in [3.8, 4) is 11.5 Å². The Bertz CT molecular complexity index is 2100. The van der Waals surface area contributed by atoms with Crippen molar-refractivity contribution in [3.05, 3.63) is 118 Å². The minimum Gasteiger partial charge on any atom is -0.494 e. The summed E-state index contributed by atoms with van der Waals surface area (Å²) in [6.45, 7) is 5.64. The molecule has 0 saturated heterocycles. The Morgan fingerprint density at radius 2 is 1.82 bits per heavy atom. The van der Waals surface area contributed by atoms with Gasteiger partial charge in [0.15, 0.2) is 0 Å². The largest absolute Gasteiger partial charge is 0.494 e. The van der Waals surface area contributed by atoms with E-state index in [1.807, 2.05) is 60.8 Å². The first-order valence-electron chi connectivity index (χ1n) is 20.1. The number of hydrogen-bond donors (Lipinski definition) is 3. The number of anilines is 1. The van der Waals surface area contributed by atoms with Crippen LogP contribution >= 0.6 is 11.6 Å². The number of aryl methyl sites for hydroxylation is 1. The van der Waals surface area contributed by atoms with E-state index in [2.05, 4.69) is 41.0 Å². The zero-order valence-electron chi connectivity index (χ0n) is 32.4. The number of carboxylic acids is 1. The predicted molar refractivity (Wildman–Crippen MR) is 221 cm³/mol. The van der Waals surface area contributed by atoms with Crippen LogP contribution in [0.3, 0.4) is 0 Å². The molecule has 0 radical (unpaired) electrons. The zero-order chi connectivity index (χ0) is 39.3.